The SMILES string of the molecule is CCCCCCCCCCCCNC(=O)c1ccc(-c2ccc(CN(Cc3cccc(OC(F)(F)F)c3)C(=O)C(=O)O)cc2)cc1. The van der Waals surface area contributed by atoms with Gasteiger partial charge >= 0.3 is 18.2 Å². The standard InChI is InChI=1S/C36H43F3N2O5/c1-2-3-4-5-6-7-8-9-10-11-23-40-33(42)31-21-19-30(20-22-31)29-17-15-27(16-18-29)25-41(34(43)35(44)45)26-28-13-12-14-32(24-28)46-36(37,38)39/h12-22,24H,2-11,23,25-26H2,1H3,(H,40,42)(H,44,45). The topological polar surface area (TPSA) is 95.9 Å². The monoisotopic (exact) mass is 640 g/mol. The van der Waals surface area contributed by atoms with E-state index >= 15 is 0 Å². The van der Waals surface area contributed by atoms with E-state index in [1.807, 2.05) is 24.3 Å². The molecule has 3 rings (SSSR count). The van der Waals surface area contributed by atoms with Gasteiger partial charge in [0.2, 0.25) is 0 Å². The number of ether oxygens (including phenoxy) is 1. The zero-order valence-electron chi connectivity index (χ0n) is 26.3. The van der Waals surface area contributed by atoms with E-state index in [0.717, 1.165) is 41.0 Å². The number of carbonyl (C=O) groups excluding carboxylic acids is 2. The van der Waals surface area contributed by atoms with Gasteiger partial charge in [-0.15, -0.1) is 13.2 Å². The van der Waals surface area contributed by atoms with E-state index in [2.05, 4.69) is 17.0 Å². The predicted octanol–water partition coefficient (Wildman–Crippen LogP) is 8.52. The number of hydrogen-bond acceptors (Lipinski definition) is 4. The van der Waals surface area contributed by atoms with Crippen molar-refractivity contribution in [2.24, 2.45) is 0 Å². The molecule has 0 saturated heterocycles. The molecule has 7 nitrogen and oxygen atoms in total. The largest absolute Gasteiger partial charge is 0.573 e. The Balaban J connectivity index is 1.50. The lowest BCUT2D eigenvalue weighted by molar-refractivity contribution is -0.274. The first kappa shape index (κ1) is 36.1. The molecule has 0 unspecified atom stereocenters. The van der Waals surface area contributed by atoms with Gasteiger partial charge in [0.15, 0.2) is 0 Å². The first-order chi connectivity index (χ1) is 22.1. The molecule has 0 aromatic heterocycles. The van der Waals surface area contributed by atoms with Gasteiger partial charge in [-0.1, -0.05) is 113 Å². The molecular formula is C36H43F3N2O5. The van der Waals surface area contributed by atoms with Gasteiger partial charge in [0.1, 0.15) is 5.75 Å². The van der Waals surface area contributed by atoms with E-state index in [-0.39, 0.29) is 24.6 Å². The molecule has 2 N–H and O–H groups in total. The lowest BCUT2D eigenvalue weighted by Gasteiger charge is -2.21. The molecule has 3 aromatic rings. The van der Waals surface area contributed by atoms with Crippen LogP contribution >= 0.6 is 0 Å². The minimum absolute atomic E-state index is 0.0755. The van der Waals surface area contributed by atoms with Crippen LogP contribution in [0.5, 0.6) is 5.75 Å². The number of carbonyl (C=O) groups is 3. The number of amides is 2. The lowest BCUT2D eigenvalue weighted by Crippen LogP contribution is -2.35. The summed E-state index contributed by atoms with van der Waals surface area (Å²) < 4.78 is 41.8. The van der Waals surface area contributed by atoms with Crippen LogP contribution in [0.3, 0.4) is 0 Å². The van der Waals surface area contributed by atoms with Crippen molar-refractivity contribution in [3.8, 4) is 16.9 Å². The van der Waals surface area contributed by atoms with Gasteiger partial charge in [-0.3, -0.25) is 9.59 Å². The number of halogens is 3. The van der Waals surface area contributed by atoms with E-state index in [1.165, 1.54) is 63.5 Å². The van der Waals surface area contributed by atoms with E-state index in [0.29, 0.717) is 17.7 Å². The minimum atomic E-state index is -4.88. The second-order valence-corrected chi connectivity index (χ2v) is 11.4. The molecule has 0 aliphatic heterocycles. The first-order valence-corrected chi connectivity index (χ1v) is 15.9. The van der Waals surface area contributed by atoms with Crippen molar-refractivity contribution in [1.82, 2.24) is 10.2 Å². The molecule has 0 fully saturated rings. The number of carboxylic acid groups (broad SMARTS) is 1. The zero-order chi connectivity index (χ0) is 33.4. The van der Waals surface area contributed by atoms with Crippen LogP contribution < -0.4 is 10.1 Å². The Labute approximate surface area is 268 Å². The van der Waals surface area contributed by atoms with Crippen LogP contribution in [0.4, 0.5) is 13.2 Å². The van der Waals surface area contributed by atoms with Crippen molar-refractivity contribution in [3.05, 3.63) is 89.5 Å². The maximum atomic E-state index is 12.6. The van der Waals surface area contributed by atoms with Crippen molar-refractivity contribution < 1.29 is 37.4 Å². The summed E-state index contributed by atoms with van der Waals surface area (Å²) in [6, 6.07) is 19.4. The van der Waals surface area contributed by atoms with Gasteiger partial charge in [0.25, 0.3) is 5.91 Å². The number of rotatable bonds is 18. The second-order valence-electron chi connectivity index (χ2n) is 11.4. The van der Waals surface area contributed by atoms with E-state index in [1.54, 1.807) is 24.3 Å². The quantitative estimate of drug-likeness (QED) is 0.107. The van der Waals surface area contributed by atoms with Crippen molar-refractivity contribution in [2.75, 3.05) is 6.54 Å². The number of nitrogens with one attached hydrogen (secondary N) is 1. The summed E-state index contributed by atoms with van der Waals surface area (Å²) in [6.07, 6.45) is 7.50. The molecule has 3 aromatic carbocycles. The van der Waals surface area contributed by atoms with Crippen LogP contribution in [-0.4, -0.2) is 40.7 Å². The van der Waals surface area contributed by atoms with Crippen LogP contribution in [0.15, 0.2) is 72.8 Å². The molecular weight excluding hydrogens is 597 g/mol. The second kappa shape index (κ2) is 18.6. The Hall–Kier alpha value is -4.34. The molecule has 2 amide bonds. The fourth-order valence-corrected chi connectivity index (χ4v) is 5.15. The summed E-state index contributed by atoms with van der Waals surface area (Å²) in [5.74, 6) is -3.44. The average Bonchev–Trinajstić information content (AvgIpc) is 3.02. The highest BCUT2D eigenvalue weighted by atomic mass is 19.4. The molecule has 0 bridgehead atoms. The fraction of sp³-hybridized carbons (Fsp3) is 0.417. The van der Waals surface area contributed by atoms with Gasteiger partial charge in [0.05, 0.1) is 0 Å². The highest BCUT2D eigenvalue weighted by molar-refractivity contribution is 6.31. The van der Waals surface area contributed by atoms with Crippen LogP contribution in [0.1, 0.15) is 92.6 Å². The molecule has 46 heavy (non-hydrogen) atoms. The zero-order valence-corrected chi connectivity index (χ0v) is 26.3. The number of aliphatic carboxylic acids is 1. The molecule has 0 aliphatic carbocycles. The molecule has 0 aliphatic rings. The minimum Gasteiger partial charge on any atom is -0.474 e. The third-order valence-electron chi connectivity index (χ3n) is 7.60. The Morgan fingerprint density at radius 2 is 1.28 bits per heavy atom. The Bertz CT molecular complexity index is 1390. The van der Waals surface area contributed by atoms with Crippen LogP contribution in [0.25, 0.3) is 11.1 Å². The summed E-state index contributed by atoms with van der Waals surface area (Å²) in [5.41, 5.74) is 3.21. The highest BCUT2D eigenvalue weighted by Crippen LogP contribution is 2.25. The summed E-state index contributed by atoms with van der Waals surface area (Å²) >= 11 is 0. The summed E-state index contributed by atoms with van der Waals surface area (Å²) in [6.45, 7) is 2.57. The average molecular weight is 641 g/mol. The molecule has 0 heterocycles. The van der Waals surface area contributed by atoms with Gasteiger partial charge in [-0.2, -0.15) is 0 Å². The highest BCUT2D eigenvalue weighted by Gasteiger charge is 2.31. The van der Waals surface area contributed by atoms with Crippen LogP contribution in [0, 0.1) is 0 Å². The van der Waals surface area contributed by atoms with Gasteiger partial charge in [-0.05, 0) is 52.9 Å². The summed E-state index contributed by atoms with van der Waals surface area (Å²) in [7, 11) is 0. The molecule has 0 saturated carbocycles. The maximum absolute atomic E-state index is 12.6. The molecule has 248 valence electrons. The number of hydrogen-bond donors (Lipinski definition) is 2. The smallest absolute Gasteiger partial charge is 0.474 e. The molecule has 0 atom stereocenters. The number of benzene rings is 3. The van der Waals surface area contributed by atoms with Crippen LogP contribution in [-0.2, 0) is 22.7 Å². The number of unbranched alkanes of at least 4 members (excludes halogenated alkanes) is 9. The van der Waals surface area contributed by atoms with Crippen molar-refractivity contribution in [1.29, 1.82) is 0 Å². The number of alkyl halides is 3. The number of carboxylic acids is 1. The Kier molecular flexibility index (Phi) is 14.6. The third-order valence-corrected chi connectivity index (χ3v) is 7.60. The van der Waals surface area contributed by atoms with Gasteiger partial charge < -0.3 is 20.1 Å². The molecule has 0 radical (unpaired) electrons. The third kappa shape index (κ3) is 12.9. The number of nitrogens with zero attached hydrogens (tertiary/aromatic N) is 1. The summed E-state index contributed by atoms with van der Waals surface area (Å²) in [5, 5.41) is 12.3. The van der Waals surface area contributed by atoms with Crippen molar-refractivity contribution >= 4 is 17.8 Å². The maximum Gasteiger partial charge on any atom is 0.573 e. The first-order valence-electron chi connectivity index (χ1n) is 15.9. The Morgan fingerprint density at radius 1 is 0.739 bits per heavy atom. The van der Waals surface area contributed by atoms with Crippen LogP contribution in [0.2, 0.25) is 0 Å². The van der Waals surface area contributed by atoms with Gasteiger partial charge in [-0.25, -0.2) is 4.79 Å². The molecule has 10 heteroatoms. The van der Waals surface area contributed by atoms with Crippen molar-refractivity contribution in [2.45, 2.75) is 90.6 Å². The molecule has 0 spiro atoms. The predicted molar refractivity (Wildman–Crippen MR) is 171 cm³/mol. The van der Waals surface area contributed by atoms with E-state index < -0.39 is 24.0 Å². The van der Waals surface area contributed by atoms with E-state index in [4.69, 9.17) is 0 Å². The Morgan fingerprint density at radius 3 is 1.85 bits per heavy atom. The fourth-order valence-electron chi connectivity index (χ4n) is 5.15. The normalized spacial score (nSPS) is 11.2. The van der Waals surface area contributed by atoms with E-state index in [9.17, 15) is 32.7 Å². The lowest BCUT2D eigenvalue weighted by atomic mass is 10.0. The van der Waals surface area contributed by atoms with Crippen molar-refractivity contribution in [3.63, 3.8) is 0 Å². The van der Waals surface area contributed by atoms with Gasteiger partial charge in [0, 0.05) is 25.2 Å². The summed E-state index contributed by atoms with van der Waals surface area (Å²) in [4.78, 5) is 37.5.